The Balaban J connectivity index is 3.51. The van der Waals surface area contributed by atoms with Gasteiger partial charge in [-0.25, -0.2) is 0 Å². The highest BCUT2D eigenvalue weighted by Crippen LogP contribution is 2.18. The Labute approximate surface area is 289 Å². The van der Waals surface area contributed by atoms with Crippen LogP contribution in [0.1, 0.15) is 239 Å². The van der Waals surface area contributed by atoms with Crippen LogP contribution in [0, 0.1) is 5.92 Å². The van der Waals surface area contributed by atoms with Gasteiger partial charge in [0, 0.05) is 25.4 Å². The summed E-state index contributed by atoms with van der Waals surface area (Å²) in [7, 11) is 0. The molecular weight excluding hydrogens is 564 g/mol. The van der Waals surface area contributed by atoms with Gasteiger partial charge in [0.2, 0.25) is 0 Å². The van der Waals surface area contributed by atoms with Crippen LogP contribution in [0.4, 0.5) is 0 Å². The SMILES string of the molecule is CCCCCCCCCCCCC/C=C/C(O)C(CO)CC(=O)CCCCCCCCCCCCCCCCCCCCCCC. The lowest BCUT2D eigenvalue weighted by Crippen LogP contribution is -2.24. The second kappa shape index (κ2) is 38.8. The molecule has 0 rings (SSSR count). The Morgan fingerprint density at radius 1 is 0.478 bits per heavy atom. The van der Waals surface area contributed by atoms with Crippen LogP contribution in [-0.4, -0.2) is 28.7 Å². The van der Waals surface area contributed by atoms with Gasteiger partial charge in [-0.3, -0.25) is 4.79 Å². The van der Waals surface area contributed by atoms with Crippen LogP contribution in [0.15, 0.2) is 12.2 Å². The molecule has 274 valence electrons. The lowest BCUT2D eigenvalue weighted by molar-refractivity contribution is -0.121. The third kappa shape index (κ3) is 34.7. The molecule has 0 aliphatic carbocycles. The van der Waals surface area contributed by atoms with Gasteiger partial charge in [0.1, 0.15) is 5.78 Å². The summed E-state index contributed by atoms with van der Waals surface area (Å²) >= 11 is 0. The molecule has 0 bridgehead atoms. The first-order valence-corrected chi connectivity index (χ1v) is 21.1. The van der Waals surface area contributed by atoms with E-state index >= 15 is 0 Å². The van der Waals surface area contributed by atoms with Crippen LogP contribution in [0.3, 0.4) is 0 Å². The molecule has 2 atom stereocenters. The minimum Gasteiger partial charge on any atom is -0.396 e. The number of rotatable bonds is 39. The molecule has 3 nitrogen and oxygen atoms in total. The van der Waals surface area contributed by atoms with Gasteiger partial charge in [0.15, 0.2) is 0 Å². The van der Waals surface area contributed by atoms with Crippen LogP contribution in [0.2, 0.25) is 0 Å². The summed E-state index contributed by atoms with van der Waals surface area (Å²) in [5, 5.41) is 20.2. The van der Waals surface area contributed by atoms with E-state index in [2.05, 4.69) is 13.8 Å². The molecule has 0 saturated carbocycles. The largest absolute Gasteiger partial charge is 0.396 e. The number of carbonyl (C=O) groups is 1. The van der Waals surface area contributed by atoms with E-state index in [0.717, 1.165) is 25.7 Å². The van der Waals surface area contributed by atoms with Crippen molar-refractivity contribution < 1.29 is 15.0 Å². The molecule has 0 heterocycles. The smallest absolute Gasteiger partial charge is 0.133 e. The van der Waals surface area contributed by atoms with E-state index in [9.17, 15) is 15.0 Å². The minimum atomic E-state index is -0.721. The zero-order valence-corrected chi connectivity index (χ0v) is 31.6. The fourth-order valence-electron chi connectivity index (χ4n) is 6.76. The van der Waals surface area contributed by atoms with E-state index in [1.54, 1.807) is 0 Å². The summed E-state index contributed by atoms with van der Waals surface area (Å²) in [5.41, 5.74) is 0. The number of aliphatic hydroxyl groups excluding tert-OH is 2. The van der Waals surface area contributed by atoms with Crippen molar-refractivity contribution in [1.29, 1.82) is 0 Å². The first-order valence-electron chi connectivity index (χ1n) is 21.1. The zero-order chi connectivity index (χ0) is 33.6. The number of carbonyl (C=O) groups excluding carboxylic acids is 1. The molecule has 0 aliphatic heterocycles. The number of aliphatic hydroxyl groups is 2. The van der Waals surface area contributed by atoms with E-state index in [1.165, 1.54) is 186 Å². The maximum absolute atomic E-state index is 12.5. The van der Waals surface area contributed by atoms with Crippen molar-refractivity contribution in [3.05, 3.63) is 12.2 Å². The third-order valence-corrected chi connectivity index (χ3v) is 10.1. The minimum absolute atomic E-state index is 0.130. The highest BCUT2D eigenvalue weighted by molar-refractivity contribution is 5.78. The summed E-state index contributed by atoms with van der Waals surface area (Å²) in [6, 6.07) is 0. The standard InChI is InChI=1S/C43H84O3/c1-3-5-7-9-11-13-15-17-18-19-20-21-22-23-24-26-27-29-31-33-35-37-42(45)39-41(40-44)43(46)38-36-34-32-30-28-25-16-14-12-10-8-6-4-2/h36,38,41,43-44,46H,3-35,37,39-40H2,1-2H3/b38-36+. The molecule has 0 aromatic rings. The summed E-state index contributed by atoms with van der Waals surface area (Å²) in [6.45, 7) is 4.43. The van der Waals surface area contributed by atoms with E-state index in [1.807, 2.05) is 12.2 Å². The molecule has 0 aliphatic rings. The van der Waals surface area contributed by atoms with Gasteiger partial charge in [-0.1, -0.05) is 219 Å². The van der Waals surface area contributed by atoms with Crippen molar-refractivity contribution in [3.63, 3.8) is 0 Å². The monoisotopic (exact) mass is 649 g/mol. The zero-order valence-electron chi connectivity index (χ0n) is 31.6. The maximum Gasteiger partial charge on any atom is 0.133 e. The molecule has 0 saturated heterocycles. The summed E-state index contributed by atoms with van der Waals surface area (Å²) in [6.07, 6.45) is 48.4. The average Bonchev–Trinajstić information content (AvgIpc) is 3.06. The van der Waals surface area contributed by atoms with Crippen molar-refractivity contribution in [1.82, 2.24) is 0 Å². The van der Waals surface area contributed by atoms with E-state index < -0.39 is 6.10 Å². The fourth-order valence-corrected chi connectivity index (χ4v) is 6.76. The second-order valence-corrected chi connectivity index (χ2v) is 14.7. The van der Waals surface area contributed by atoms with Crippen LogP contribution in [-0.2, 0) is 4.79 Å². The molecule has 0 radical (unpaired) electrons. The highest BCUT2D eigenvalue weighted by atomic mass is 16.3. The third-order valence-electron chi connectivity index (χ3n) is 10.1. The van der Waals surface area contributed by atoms with Gasteiger partial charge in [0.05, 0.1) is 6.10 Å². The predicted octanol–water partition coefficient (Wildman–Crippen LogP) is 13.8. The topological polar surface area (TPSA) is 57.5 Å². The Kier molecular flexibility index (Phi) is 38.2. The molecule has 2 N–H and O–H groups in total. The number of ketones is 1. The van der Waals surface area contributed by atoms with E-state index in [0.29, 0.717) is 12.8 Å². The second-order valence-electron chi connectivity index (χ2n) is 14.7. The van der Waals surface area contributed by atoms with Crippen LogP contribution >= 0.6 is 0 Å². The van der Waals surface area contributed by atoms with Crippen LogP contribution in [0.25, 0.3) is 0 Å². The van der Waals surface area contributed by atoms with Gasteiger partial charge in [0.25, 0.3) is 0 Å². The van der Waals surface area contributed by atoms with Crippen LogP contribution < -0.4 is 0 Å². The van der Waals surface area contributed by atoms with Gasteiger partial charge in [-0.15, -0.1) is 0 Å². The Morgan fingerprint density at radius 2 is 0.783 bits per heavy atom. The molecule has 3 heteroatoms. The van der Waals surface area contributed by atoms with E-state index in [4.69, 9.17) is 0 Å². The van der Waals surface area contributed by atoms with Crippen molar-refractivity contribution in [3.8, 4) is 0 Å². The first-order chi connectivity index (χ1) is 22.7. The van der Waals surface area contributed by atoms with Crippen LogP contribution in [0.5, 0.6) is 0 Å². The molecule has 0 fully saturated rings. The molecular formula is C43H84O3. The number of hydrogen-bond acceptors (Lipinski definition) is 3. The van der Waals surface area contributed by atoms with Gasteiger partial charge in [-0.2, -0.15) is 0 Å². The summed E-state index contributed by atoms with van der Waals surface area (Å²) in [5.74, 6) is -0.175. The maximum atomic E-state index is 12.5. The molecule has 0 aromatic carbocycles. The van der Waals surface area contributed by atoms with Crippen molar-refractivity contribution in [2.75, 3.05) is 6.61 Å². The molecule has 46 heavy (non-hydrogen) atoms. The van der Waals surface area contributed by atoms with Gasteiger partial charge >= 0.3 is 0 Å². The number of Topliss-reactive ketones (excluding diaryl/α,β-unsaturated/α-hetero) is 1. The van der Waals surface area contributed by atoms with Crippen molar-refractivity contribution in [2.45, 2.75) is 245 Å². The summed E-state index contributed by atoms with van der Waals surface area (Å²) in [4.78, 5) is 12.5. The van der Waals surface area contributed by atoms with Crippen molar-refractivity contribution in [2.24, 2.45) is 5.92 Å². The fraction of sp³-hybridized carbons (Fsp3) is 0.930. The number of unbranched alkanes of at least 4 members (excludes halogenated alkanes) is 31. The number of hydrogen-bond donors (Lipinski definition) is 2. The molecule has 0 aromatic heterocycles. The lowest BCUT2D eigenvalue weighted by Gasteiger charge is -2.17. The summed E-state index contributed by atoms with van der Waals surface area (Å²) < 4.78 is 0. The highest BCUT2D eigenvalue weighted by Gasteiger charge is 2.19. The van der Waals surface area contributed by atoms with Crippen molar-refractivity contribution >= 4 is 5.78 Å². The first kappa shape index (κ1) is 45.3. The Hall–Kier alpha value is -0.670. The quantitative estimate of drug-likeness (QED) is 0.0515. The predicted molar refractivity (Wildman–Crippen MR) is 204 cm³/mol. The molecule has 2 unspecified atom stereocenters. The van der Waals surface area contributed by atoms with E-state index in [-0.39, 0.29) is 18.3 Å². The van der Waals surface area contributed by atoms with Gasteiger partial charge < -0.3 is 10.2 Å². The van der Waals surface area contributed by atoms with Gasteiger partial charge in [-0.05, 0) is 19.3 Å². The Bertz CT molecular complexity index is 615. The normalized spacial score (nSPS) is 13.1. The molecule has 0 spiro atoms. The molecule has 0 amide bonds. The number of allylic oxidation sites excluding steroid dienone is 1. The average molecular weight is 649 g/mol. The lowest BCUT2D eigenvalue weighted by atomic mass is 9.94. The Morgan fingerprint density at radius 3 is 1.11 bits per heavy atom.